The van der Waals surface area contributed by atoms with Crippen molar-refractivity contribution in [3.05, 3.63) is 99.6 Å². The number of nitrogens with zero attached hydrogens (tertiary/aromatic N) is 2. The first-order chi connectivity index (χ1) is 13.5. The Morgan fingerprint density at radius 1 is 0.893 bits per heavy atom. The Morgan fingerprint density at radius 3 is 2.25 bits per heavy atom. The van der Waals surface area contributed by atoms with Gasteiger partial charge in [-0.15, -0.1) is 0 Å². The molecule has 0 aliphatic heterocycles. The van der Waals surface area contributed by atoms with Gasteiger partial charge in [-0.1, -0.05) is 36.4 Å². The Hall–Kier alpha value is -3.66. The van der Waals surface area contributed by atoms with Gasteiger partial charge < -0.3 is 5.11 Å². The first kappa shape index (κ1) is 17.7. The van der Waals surface area contributed by atoms with Gasteiger partial charge in [0.15, 0.2) is 0 Å². The Kier molecular flexibility index (Phi) is 4.53. The third-order valence-corrected chi connectivity index (χ3v) is 4.75. The standard InChI is InChI=1S/C24H20N2O2/c1-16-14-18(15-17(2)23(16)27)12-13-22-25-21-11-7-6-10-20(21)24(28)26(22)19-8-4-3-5-9-19/h3-15,27H,1-2H3/b13-12+. The quantitative estimate of drug-likeness (QED) is 0.561. The van der Waals surface area contributed by atoms with E-state index in [-0.39, 0.29) is 5.56 Å². The fourth-order valence-electron chi connectivity index (χ4n) is 3.34. The number of aromatic nitrogens is 2. The second kappa shape index (κ2) is 7.16. The van der Waals surface area contributed by atoms with E-state index in [0.717, 1.165) is 22.4 Å². The number of phenolic OH excluding ortho intramolecular Hbond substituents is 1. The van der Waals surface area contributed by atoms with Gasteiger partial charge in [0.2, 0.25) is 0 Å². The monoisotopic (exact) mass is 368 g/mol. The van der Waals surface area contributed by atoms with Crippen LogP contribution in [-0.4, -0.2) is 14.7 Å². The lowest BCUT2D eigenvalue weighted by Gasteiger charge is -2.11. The predicted octanol–water partition coefficient (Wildman–Crippen LogP) is 4.88. The largest absolute Gasteiger partial charge is 0.507 e. The van der Waals surface area contributed by atoms with Gasteiger partial charge in [0.1, 0.15) is 11.6 Å². The summed E-state index contributed by atoms with van der Waals surface area (Å²) in [5.74, 6) is 0.862. The van der Waals surface area contributed by atoms with Crippen molar-refractivity contribution in [3.63, 3.8) is 0 Å². The van der Waals surface area contributed by atoms with Crippen molar-refractivity contribution < 1.29 is 5.11 Å². The van der Waals surface area contributed by atoms with Crippen LogP contribution in [0.25, 0.3) is 28.7 Å². The average molecular weight is 368 g/mol. The molecule has 4 aromatic rings. The second-order valence-electron chi connectivity index (χ2n) is 6.80. The third kappa shape index (κ3) is 3.21. The minimum absolute atomic E-state index is 0.102. The van der Waals surface area contributed by atoms with Crippen molar-refractivity contribution in [1.82, 2.24) is 9.55 Å². The molecular formula is C24H20N2O2. The molecule has 4 nitrogen and oxygen atoms in total. The molecule has 1 N–H and O–H groups in total. The van der Waals surface area contributed by atoms with Gasteiger partial charge in [0.25, 0.3) is 5.56 Å². The van der Waals surface area contributed by atoms with E-state index in [1.807, 2.05) is 86.7 Å². The number of hydrogen-bond donors (Lipinski definition) is 1. The van der Waals surface area contributed by atoms with Gasteiger partial charge in [0.05, 0.1) is 16.6 Å². The van der Waals surface area contributed by atoms with Crippen molar-refractivity contribution in [2.45, 2.75) is 13.8 Å². The van der Waals surface area contributed by atoms with Gasteiger partial charge in [-0.2, -0.15) is 0 Å². The van der Waals surface area contributed by atoms with Crippen molar-refractivity contribution >= 4 is 23.1 Å². The van der Waals surface area contributed by atoms with E-state index in [0.29, 0.717) is 22.5 Å². The molecule has 1 heterocycles. The normalized spacial score (nSPS) is 11.4. The van der Waals surface area contributed by atoms with Crippen LogP contribution in [0.5, 0.6) is 5.75 Å². The molecule has 0 saturated carbocycles. The van der Waals surface area contributed by atoms with Crippen molar-refractivity contribution in [2.75, 3.05) is 0 Å². The predicted molar refractivity (Wildman–Crippen MR) is 114 cm³/mol. The molecular weight excluding hydrogens is 348 g/mol. The first-order valence-corrected chi connectivity index (χ1v) is 9.10. The third-order valence-electron chi connectivity index (χ3n) is 4.75. The molecule has 4 heteroatoms. The summed E-state index contributed by atoms with van der Waals surface area (Å²) in [7, 11) is 0. The van der Waals surface area contributed by atoms with Gasteiger partial charge >= 0.3 is 0 Å². The van der Waals surface area contributed by atoms with E-state index in [1.165, 1.54) is 0 Å². The van der Waals surface area contributed by atoms with E-state index >= 15 is 0 Å². The van der Waals surface area contributed by atoms with Gasteiger partial charge in [-0.25, -0.2) is 4.98 Å². The molecule has 28 heavy (non-hydrogen) atoms. The Bertz CT molecular complexity index is 1230. The fraction of sp³-hybridized carbons (Fsp3) is 0.0833. The highest BCUT2D eigenvalue weighted by atomic mass is 16.3. The fourth-order valence-corrected chi connectivity index (χ4v) is 3.34. The molecule has 0 spiro atoms. The molecule has 0 atom stereocenters. The lowest BCUT2D eigenvalue weighted by atomic mass is 10.1. The summed E-state index contributed by atoms with van der Waals surface area (Å²) in [4.78, 5) is 17.9. The van der Waals surface area contributed by atoms with Crippen LogP contribution in [0.2, 0.25) is 0 Å². The van der Waals surface area contributed by atoms with Crippen molar-refractivity contribution in [2.24, 2.45) is 0 Å². The maximum Gasteiger partial charge on any atom is 0.266 e. The number of benzene rings is 3. The van der Waals surface area contributed by atoms with E-state index in [2.05, 4.69) is 0 Å². The van der Waals surface area contributed by atoms with Crippen LogP contribution >= 0.6 is 0 Å². The Morgan fingerprint density at radius 2 is 1.54 bits per heavy atom. The highest BCUT2D eigenvalue weighted by Crippen LogP contribution is 2.24. The Labute approximate surface area is 163 Å². The zero-order valence-electron chi connectivity index (χ0n) is 15.8. The summed E-state index contributed by atoms with van der Waals surface area (Å²) in [6, 6.07) is 20.7. The average Bonchev–Trinajstić information content (AvgIpc) is 2.71. The molecule has 4 rings (SSSR count). The van der Waals surface area contributed by atoms with Crippen LogP contribution in [0.3, 0.4) is 0 Å². The molecule has 0 bridgehead atoms. The molecule has 138 valence electrons. The molecule has 0 unspecified atom stereocenters. The van der Waals surface area contributed by atoms with Crippen LogP contribution in [-0.2, 0) is 0 Å². The summed E-state index contributed by atoms with van der Waals surface area (Å²) in [6.45, 7) is 3.74. The molecule has 1 aromatic heterocycles. The van der Waals surface area contributed by atoms with Crippen LogP contribution in [0.1, 0.15) is 22.5 Å². The summed E-state index contributed by atoms with van der Waals surface area (Å²) in [6.07, 6.45) is 3.75. The Balaban J connectivity index is 1.92. The minimum Gasteiger partial charge on any atom is -0.507 e. The van der Waals surface area contributed by atoms with Gasteiger partial charge in [-0.3, -0.25) is 9.36 Å². The molecule has 3 aromatic carbocycles. The van der Waals surface area contributed by atoms with E-state index < -0.39 is 0 Å². The first-order valence-electron chi connectivity index (χ1n) is 9.10. The lowest BCUT2D eigenvalue weighted by Crippen LogP contribution is -2.22. The van der Waals surface area contributed by atoms with E-state index in [4.69, 9.17) is 4.98 Å². The highest BCUT2D eigenvalue weighted by molar-refractivity contribution is 5.80. The van der Waals surface area contributed by atoms with Gasteiger partial charge in [0, 0.05) is 0 Å². The molecule has 0 fully saturated rings. The van der Waals surface area contributed by atoms with Crippen LogP contribution in [0.15, 0.2) is 71.5 Å². The molecule has 0 aliphatic carbocycles. The number of aromatic hydroxyl groups is 1. The van der Waals surface area contributed by atoms with Gasteiger partial charge in [-0.05, 0) is 73.0 Å². The van der Waals surface area contributed by atoms with E-state index in [9.17, 15) is 9.90 Å². The maximum absolute atomic E-state index is 13.2. The van der Waals surface area contributed by atoms with Crippen LogP contribution < -0.4 is 5.56 Å². The number of phenols is 1. The zero-order valence-corrected chi connectivity index (χ0v) is 15.8. The van der Waals surface area contributed by atoms with Crippen LogP contribution in [0.4, 0.5) is 0 Å². The van der Waals surface area contributed by atoms with Crippen molar-refractivity contribution in [3.8, 4) is 11.4 Å². The number of fused-ring (bicyclic) bond motifs is 1. The maximum atomic E-state index is 13.2. The number of hydrogen-bond acceptors (Lipinski definition) is 3. The topological polar surface area (TPSA) is 55.1 Å². The van der Waals surface area contributed by atoms with Crippen LogP contribution in [0, 0.1) is 13.8 Å². The summed E-state index contributed by atoms with van der Waals surface area (Å²) in [5, 5.41) is 10.6. The smallest absolute Gasteiger partial charge is 0.266 e. The molecule has 0 radical (unpaired) electrons. The summed E-state index contributed by atoms with van der Waals surface area (Å²) in [5.41, 5.74) is 3.89. The zero-order chi connectivity index (χ0) is 19.7. The number of para-hydroxylation sites is 2. The molecule has 0 aliphatic rings. The van der Waals surface area contributed by atoms with Crippen molar-refractivity contribution in [1.29, 1.82) is 0 Å². The SMILES string of the molecule is Cc1cc(/C=C/c2nc3ccccc3c(=O)n2-c2ccccc2)cc(C)c1O. The molecule has 0 amide bonds. The molecule has 0 saturated heterocycles. The number of rotatable bonds is 3. The number of aryl methyl sites for hydroxylation is 2. The highest BCUT2D eigenvalue weighted by Gasteiger charge is 2.10. The second-order valence-corrected chi connectivity index (χ2v) is 6.80. The summed E-state index contributed by atoms with van der Waals surface area (Å²) >= 11 is 0. The summed E-state index contributed by atoms with van der Waals surface area (Å²) < 4.78 is 1.62. The minimum atomic E-state index is -0.102. The van der Waals surface area contributed by atoms with E-state index in [1.54, 1.807) is 10.6 Å². The lowest BCUT2D eigenvalue weighted by molar-refractivity contribution is 0.467.